The van der Waals surface area contributed by atoms with E-state index in [1.165, 1.54) is 0 Å². The fourth-order valence-corrected chi connectivity index (χ4v) is 4.37. The maximum Gasteiger partial charge on any atom is 0.272 e. The second kappa shape index (κ2) is 5.89. The van der Waals surface area contributed by atoms with Gasteiger partial charge in [-0.05, 0) is 12.1 Å². The van der Waals surface area contributed by atoms with Crippen molar-refractivity contribution in [2.24, 2.45) is 0 Å². The zero-order chi connectivity index (χ0) is 15.0. The highest BCUT2D eigenvalue weighted by atomic mass is 32.2. The third-order valence-corrected chi connectivity index (χ3v) is 5.41. The van der Waals surface area contributed by atoms with Crippen molar-refractivity contribution in [1.82, 2.24) is 9.55 Å². The fourth-order valence-electron chi connectivity index (χ4n) is 2.39. The van der Waals surface area contributed by atoms with Crippen LogP contribution in [0.15, 0.2) is 45.2 Å². The number of nitrogens with zero attached hydrogens (tertiary/aromatic N) is 2. The molecule has 0 fully saturated rings. The Morgan fingerprint density at radius 2 is 2.05 bits per heavy atom. The van der Waals surface area contributed by atoms with Gasteiger partial charge in [-0.3, -0.25) is 9.36 Å². The first-order chi connectivity index (χ1) is 10.1. The Morgan fingerprint density at radius 1 is 1.33 bits per heavy atom. The molecule has 5 heteroatoms. The second-order valence-electron chi connectivity index (χ2n) is 5.45. The molecular weight excluding hydrogens is 300 g/mol. The number of thioether (sulfide) groups is 2. The van der Waals surface area contributed by atoms with E-state index in [1.54, 1.807) is 28.1 Å². The average molecular weight is 318 g/mol. The van der Waals surface area contributed by atoms with E-state index in [0.717, 1.165) is 27.9 Å². The maximum absolute atomic E-state index is 12.9. The molecule has 0 spiro atoms. The lowest BCUT2D eigenvalue weighted by Crippen LogP contribution is -2.24. The Bertz CT molecular complexity index is 710. The minimum Gasteiger partial charge on any atom is -0.268 e. The molecule has 1 atom stereocenters. The smallest absolute Gasteiger partial charge is 0.268 e. The summed E-state index contributed by atoms with van der Waals surface area (Å²) in [5.41, 5.74) is 1.93. The van der Waals surface area contributed by atoms with Gasteiger partial charge in [-0.25, -0.2) is 4.98 Å². The molecule has 2 heterocycles. The van der Waals surface area contributed by atoms with Gasteiger partial charge in [0.2, 0.25) is 0 Å². The highest BCUT2D eigenvalue weighted by Crippen LogP contribution is 2.35. The van der Waals surface area contributed by atoms with Gasteiger partial charge in [0.1, 0.15) is 0 Å². The topological polar surface area (TPSA) is 34.9 Å². The van der Waals surface area contributed by atoms with Crippen molar-refractivity contribution in [3.05, 3.63) is 46.4 Å². The largest absolute Gasteiger partial charge is 0.272 e. The van der Waals surface area contributed by atoms with E-state index in [4.69, 9.17) is 4.98 Å². The van der Waals surface area contributed by atoms with Gasteiger partial charge in [0, 0.05) is 16.9 Å². The van der Waals surface area contributed by atoms with Crippen molar-refractivity contribution in [2.45, 2.75) is 47.7 Å². The first-order valence-corrected chi connectivity index (χ1v) is 8.87. The minimum absolute atomic E-state index is 0.0729. The Balaban J connectivity index is 2.22. The number of rotatable bonds is 3. The predicted molar refractivity (Wildman–Crippen MR) is 89.9 cm³/mol. The molecule has 0 aliphatic carbocycles. The van der Waals surface area contributed by atoms with Crippen molar-refractivity contribution < 1.29 is 0 Å². The summed E-state index contributed by atoms with van der Waals surface area (Å²) in [4.78, 5) is 18.5. The molecule has 1 aliphatic heterocycles. The lowest BCUT2D eigenvalue weighted by atomic mass is 10.2. The zero-order valence-corrected chi connectivity index (χ0v) is 14.0. The fraction of sp³-hybridized carbons (Fsp3) is 0.375. The first kappa shape index (κ1) is 14.7. The molecule has 0 saturated carbocycles. The highest BCUT2D eigenvalue weighted by Gasteiger charge is 2.26. The van der Waals surface area contributed by atoms with E-state index in [2.05, 4.69) is 20.8 Å². The van der Waals surface area contributed by atoms with Gasteiger partial charge in [0.05, 0.1) is 16.3 Å². The van der Waals surface area contributed by atoms with E-state index in [9.17, 15) is 4.79 Å². The van der Waals surface area contributed by atoms with Crippen molar-refractivity contribution in [3.8, 4) is 5.69 Å². The Morgan fingerprint density at radius 3 is 2.71 bits per heavy atom. The number of para-hydroxylation sites is 1. The van der Waals surface area contributed by atoms with E-state index < -0.39 is 0 Å². The van der Waals surface area contributed by atoms with E-state index >= 15 is 0 Å². The molecule has 1 aliphatic rings. The Kier molecular flexibility index (Phi) is 4.13. The van der Waals surface area contributed by atoms with Crippen molar-refractivity contribution in [1.29, 1.82) is 0 Å². The van der Waals surface area contributed by atoms with Crippen molar-refractivity contribution >= 4 is 23.5 Å². The molecule has 0 N–H and O–H groups in total. The van der Waals surface area contributed by atoms with Crippen LogP contribution in [0, 0.1) is 0 Å². The molecule has 110 valence electrons. The quantitative estimate of drug-likeness (QED) is 0.637. The summed E-state index contributed by atoms with van der Waals surface area (Å²) in [6, 6.07) is 9.79. The second-order valence-corrected chi connectivity index (χ2v) is 8.44. The van der Waals surface area contributed by atoms with Crippen molar-refractivity contribution in [2.75, 3.05) is 0 Å². The normalized spacial score (nSPS) is 17.2. The zero-order valence-electron chi connectivity index (χ0n) is 12.4. The molecule has 0 amide bonds. The third kappa shape index (κ3) is 2.90. The summed E-state index contributed by atoms with van der Waals surface area (Å²) in [6.07, 6.45) is 0.885. The van der Waals surface area contributed by atoms with Gasteiger partial charge in [-0.2, -0.15) is 0 Å². The van der Waals surface area contributed by atoms with Gasteiger partial charge in [0.25, 0.3) is 5.56 Å². The molecule has 3 nitrogen and oxygen atoms in total. The van der Waals surface area contributed by atoms with Crippen LogP contribution in [0.1, 0.15) is 26.5 Å². The molecule has 21 heavy (non-hydrogen) atoms. The van der Waals surface area contributed by atoms with Crippen LogP contribution in [0.3, 0.4) is 0 Å². The number of fused-ring (bicyclic) bond motifs is 1. The molecule has 0 saturated heterocycles. The molecule has 0 bridgehead atoms. The number of benzene rings is 1. The summed E-state index contributed by atoms with van der Waals surface area (Å²) in [7, 11) is 0. The van der Waals surface area contributed by atoms with Crippen LogP contribution in [-0.2, 0) is 6.42 Å². The van der Waals surface area contributed by atoms with Gasteiger partial charge in [-0.1, -0.05) is 50.7 Å². The predicted octanol–water partition coefficient (Wildman–Crippen LogP) is 3.77. The summed E-state index contributed by atoms with van der Waals surface area (Å²) in [5, 5.41) is 1.62. The van der Waals surface area contributed by atoms with Gasteiger partial charge in [0.15, 0.2) is 5.16 Å². The van der Waals surface area contributed by atoms with Crippen LogP contribution >= 0.6 is 23.5 Å². The molecule has 1 aromatic heterocycles. The Hall–Kier alpha value is -1.20. The summed E-state index contributed by atoms with van der Waals surface area (Å²) in [6.45, 7) is 6.39. The van der Waals surface area contributed by atoms with Gasteiger partial charge >= 0.3 is 0 Å². The molecular formula is C16H18N2OS2. The summed E-state index contributed by atoms with van der Waals surface area (Å²) < 4.78 is 1.76. The van der Waals surface area contributed by atoms with E-state index in [1.807, 2.05) is 30.3 Å². The number of hydrogen-bond acceptors (Lipinski definition) is 4. The summed E-state index contributed by atoms with van der Waals surface area (Å²) in [5.74, 6) is 0. The molecule has 0 radical (unpaired) electrons. The van der Waals surface area contributed by atoms with Crippen LogP contribution in [0.25, 0.3) is 5.69 Å². The highest BCUT2D eigenvalue weighted by molar-refractivity contribution is 8.00. The van der Waals surface area contributed by atoms with E-state index in [0.29, 0.717) is 10.5 Å². The van der Waals surface area contributed by atoms with Crippen LogP contribution in [0.5, 0.6) is 0 Å². The maximum atomic E-state index is 12.9. The molecule has 0 unspecified atom stereocenters. The minimum atomic E-state index is 0.0729. The summed E-state index contributed by atoms with van der Waals surface area (Å²) >= 11 is 3.29. The monoisotopic (exact) mass is 318 g/mol. The lowest BCUT2D eigenvalue weighted by Gasteiger charge is -2.14. The van der Waals surface area contributed by atoms with Crippen LogP contribution < -0.4 is 5.56 Å². The Labute approximate surface area is 133 Å². The number of hydrogen-bond donors (Lipinski definition) is 0. The first-order valence-electron chi connectivity index (χ1n) is 7.11. The van der Waals surface area contributed by atoms with Crippen LogP contribution in [0.4, 0.5) is 0 Å². The molecule has 2 aromatic rings. The van der Waals surface area contributed by atoms with Crippen LogP contribution in [-0.4, -0.2) is 20.1 Å². The van der Waals surface area contributed by atoms with E-state index in [-0.39, 0.29) is 5.56 Å². The van der Waals surface area contributed by atoms with Crippen molar-refractivity contribution in [3.63, 3.8) is 0 Å². The lowest BCUT2D eigenvalue weighted by molar-refractivity contribution is 0.729. The van der Waals surface area contributed by atoms with Crippen LogP contribution in [0.2, 0.25) is 0 Å². The molecule has 3 rings (SSSR count). The SMILES string of the molecule is CC(C)Sc1nc2c(c(=O)n1-c1ccccc1)S[C@@H](C)C2. The van der Waals surface area contributed by atoms with Gasteiger partial charge in [-0.15, -0.1) is 11.8 Å². The standard InChI is InChI=1S/C16H18N2OS2/c1-10(2)20-16-17-13-9-11(3)21-14(13)15(19)18(16)12-7-5-4-6-8-12/h4-8,10-11H,9H2,1-3H3/t11-/m0/s1. The third-order valence-electron chi connectivity index (χ3n) is 3.24. The average Bonchev–Trinajstić information content (AvgIpc) is 2.80. The molecule has 1 aromatic carbocycles. The van der Waals surface area contributed by atoms with Gasteiger partial charge < -0.3 is 0 Å². The number of aromatic nitrogens is 2.